The third-order valence-electron chi connectivity index (χ3n) is 4.69. The van der Waals surface area contributed by atoms with Gasteiger partial charge in [-0.3, -0.25) is 4.79 Å². The SMILES string of the molecule is CCOC(=O)C1=C(CN2C(=O)c3ccccc3S2(=O)=O)NC(=O)N[C@@H]1c1ccco1. The summed E-state index contributed by atoms with van der Waals surface area (Å²) in [6, 6.07) is 7.25. The summed E-state index contributed by atoms with van der Waals surface area (Å²) in [6.45, 7) is 1.12. The molecule has 10 nitrogen and oxygen atoms in total. The highest BCUT2D eigenvalue weighted by Gasteiger charge is 2.43. The Hall–Kier alpha value is -3.60. The first kappa shape index (κ1) is 19.7. The van der Waals surface area contributed by atoms with Gasteiger partial charge in [-0.1, -0.05) is 12.1 Å². The predicted molar refractivity (Wildman–Crippen MR) is 101 cm³/mol. The first-order valence-corrected chi connectivity index (χ1v) is 10.5. The number of esters is 1. The Morgan fingerprint density at radius 2 is 1.97 bits per heavy atom. The maximum Gasteiger partial charge on any atom is 0.338 e. The Morgan fingerprint density at radius 1 is 1.20 bits per heavy atom. The Morgan fingerprint density at radius 3 is 2.63 bits per heavy atom. The average Bonchev–Trinajstić information content (AvgIpc) is 3.31. The van der Waals surface area contributed by atoms with Crippen molar-refractivity contribution in [2.24, 2.45) is 0 Å². The van der Waals surface area contributed by atoms with Gasteiger partial charge in [0.2, 0.25) is 0 Å². The van der Waals surface area contributed by atoms with Gasteiger partial charge in [0.1, 0.15) is 16.7 Å². The van der Waals surface area contributed by atoms with Crippen molar-refractivity contribution in [2.45, 2.75) is 17.9 Å². The molecule has 2 aliphatic heterocycles. The third kappa shape index (κ3) is 3.12. The van der Waals surface area contributed by atoms with Crippen LogP contribution in [0.15, 0.2) is 63.2 Å². The molecule has 1 aromatic carbocycles. The first-order valence-electron chi connectivity index (χ1n) is 9.01. The van der Waals surface area contributed by atoms with E-state index < -0.39 is 40.5 Å². The number of rotatable bonds is 5. The number of ether oxygens (including phenoxy) is 1. The summed E-state index contributed by atoms with van der Waals surface area (Å²) in [7, 11) is -4.14. The number of sulfonamides is 1. The van der Waals surface area contributed by atoms with Gasteiger partial charge in [0.25, 0.3) is 15.9 Å². The maximum atomic E-state index is 12.9. The normalized spacial score (nSPS) is 19.9. The van der Waals surface area contributed by atoms with Crippen molar-refractivity contribution in [3.8, 4) is 0 Å². The molecule has 2 aliphatic rings. The van der Waals surface area contributed by atoms with E-state index in [9.17, 15) is 22.8 Å². The molecule has 0 saturated carbocycles. The van der Waals surface area contributed by atoms with Crippen LogP contribution in [0.5, 0.6) is 0 Å². The van der Waals surface area contributed by atoms with Crippen LogP contribution in [-0.4, -0.2) is 43.8 Å². The molecule has 0 radical (unpaired) electrons. The monoisotopic (exact) mass is 431 g/mol. The molecule has 3 amide bonds. The Balaban J connectivity index is 1.80. The van der Waals surface area contributed by atoms with E-state index in [1.807, 2.05) is 0 Å². The summed E-state index contributed by atoms with van der Waals surface area (Å²) in [4.78, 5) is 37.5. The Bertz CT molecular complexity index is 1170. The van der Waals surface area contributed by atoms with Gasteiger partial charge in [-0.15, -0.1) is 0 Å². The number of amides is 3. The number of nitrogens with zero attached hydrogens (tertiary/aromatic N) is 1. The summed E-state index contributed by atoms with van der Waals surface area (Å²) in [5.41, 5.74) is -0.0904. The van der Waals surface area contributed by atoms with Crippen LogP contribution in [0, 0.1) is 0 Å². The molecule has 2 aromatic rings. The van der Waals surface area contributed by atoms with Gasteiger partial charge in [-0.25, -0.2) is 22.3 Å². The van der Waals surface area contributed by atoms with Crippen LogP contribution in [0.1, 0.15) is 29.1 Å². The van der Waals surface area contributed by atoms with E-state index in [0.29, 0.717) is 4.31 Å². The average molecular weight is 431 g/mol. The second-order valence-corrected chi connectivity index (χ2v) is 8.30. The fraction of sp³-hybridized carbons (Fsp3) is 0.211. The van der Waals surface area contributed by atoms with Crippen LogP contribution < -0.4 is 10.6 Å². The molecule has 0 bridgehead atoms. The van der Waals surface area contributed by atoms with Gasteiger partial charge in [-0.05, 0) is 31.2 Å². The largest absolute Gasteiger partial charge is 0.467 e. The number of fused-ring (bicyclic) bond motifs is 1. The van der Waals surface area contributed by atoms with Gasteiger partial charge >= 0.3 is 12.0 Å². The molecule has 4 rings (SSSR count). The fourth-order valence-corrected chi connectivity index (χ4v) is 4.93. The van der Waals surface area contributed by atoms with Crippen molar-refractivity contribution in [2.75, 3.05) is 13.2 Å². The molecule has 11 heteroatoms. The molecule has 0 aliphatic carbocycles. The number of benzene rings is 1. The highest BCUT2D eigenvalue weighted by Crippen LogP contribution is 2.33. The van der Waals surface area contributed by atoms with Crippen molar-refractivity contribution in [1.82, 2.24) is 14.9 Å². The van der Waals surface area contributed by atoms with Crippen molar-refractivity contribution in [1.29, 1.82) is 0 Å². The van der Waals surface area contributed by atoms with E-state index in [2.05, 4.69) is 10.6 Å². The van der Waals surface area contributed by atoms with E-state index >= 15 is 0 Å². The van der Waals surface area contributed by atoms with Gasteiger partial charge in [0, 0.05) is 0 Å². The Labute approximate surface area is 171 Å². The predicted octanol–water partition coefficient (Wildman–Crippen LogP) is 1.30. The van der Waals surface area contributed by atoms with Gasteiger partial charge in [0.15, 0.2) is 0 Å². The van der Waals surface area contributed by atoms with Crippen LogP contribution in [0.4, 0.5) is 4.79 Å². The number of urea groups is 1. The molecule has 30 heavy (non-hydrogen) atoms. The zero-order valence-electron chi connectivity index (χ0n) is 15.7. The van der Waals surface area contributed by atoms with Crippen molar-refractivity contribution in [3.63, 3.8) is 0 Å². The van der Waals surface area contributed by atoms with Crippen LogP contribution in [0.3, 0.4) is 0 Å². The molecule has 2 N–H and O–H groups in total. The van der Waals surface area contributed by atoms with Crippen molar-refractivity contribution >= 4 is 27.9 Å². The minimum absolute atomic E-state index is 0.0265. The zero-order valence-corrected chi connectivity index (χ0v) is 16.6. The number of nitrogens with one attached hydrogen (secondary N) is 2. The van der Waals surface area contributed by atoms with Crippen LogP contribution in [0.2, 0.25) is 0 Å². The second-order valence-electron chi connectivity index (χ2n) is 6.47. The van der Waals surface area contributed by atoms with Crippen molar-refractivity contribution in [3.05, 3.63) is 65.3 Å². The lowest BCUT2D eigenvalue weighted by atomic mass is 10.00. The number of carbonyl (C=O) groups is 3. The maximum absolute atomic E-state index is 12.9. The molecule has 1 aromatic heterocycles. The number of hydrogen-bond donors (Lipinski definition) is 2. The van der Waals surface area contributed by atoms with E-state index in [1.54, 1.807) is 25.1 Å². The molecule has 1 atom stereocenters. The first-order chi connectivity index (χ1) is 14.3. The molecular weight excluding hydrogens is 414 g/mol. The lowest BCUT2D eigenvalue weighted by molar-refractivity contribution is -0.139. The molecule has 0 spiro atoms. The van der Waals surface area contributed by atoms with E-state index in [1.165, 1.54) is 24.5 Å². The molecular formula is C19H17N3O7S. The summed E-state index contributed by atoms with van der Waals surface area (Å²) >= 11 is 0. The van der Waals surface area contributed by atoms with Crippen LogP contribution in [-0.2, 0) is 19.6 Å². The fourth-order valence-electron chi connectivity index (χ4n) is 3.39. The highest BCUT2D eigenvalue weighted by atomic mass is 32.2. The molecule has 3 heterocycles. The molecule has 0 saturated heterocycles. The number of carbonyl (C=O) groups excluding carboxylic acids is 3. The Kier molecular flexibility index (Phi) is 4.82. The van der Waals surface area contributed by atoms with Gasteiger partial charge in [0.05, 0.1) is 36.2 Å². The van der Waals surface area contributed by atoms with Crippen LogP contribution >= 0.6 is 0 Å². The van der Waals surface area contributed by atoms with Gasteiger partial charge < -0.3 is 19.8 Å². The quantitative estimate of drug-likeness (QED) is 0.681. The lowest BCUT2D eigenvalue weighted by Crippen LogP contribution is -2.49. The minimum Gasteiger partial charge on any atom is -0.467 e. The van der Waals surface area contributed by atoms with Gasteiger partial charge in [-0.2, -0.15) is 0 Å². The lowest BCUT2D eigenvalue weighted by Gasteiger charge is -2.29. The number of hydrogen-bond acceptors (Lipinski definition) is 7. The van der Waals surface area contributed by atoms with E-state index in [4.69, 9.17) is 9.15 Å². The topological polar surface area (TPSA) is 135 Å². The van der Waals surface area contributed by atoms with E-state index in [-0.39, 0.29) is 34.1 Å². The number of furan rings is 1. The van der Waals surface area contributed by atoms with Crippen molar-refractivity contribution < 1.29 is 32.0 Å². The van der Waals surface area contributed by atoms with E-state index in [0.717, 1.165) is 0 Å². The third-order valence-corrected chi connectivity index (χ3v) is 6.48. The summed E-state index contributed by atoms with van der Waals surface area (Å²) in [5.74, 6) is -1.27. The second kappa shape index (κ2) is 7.34. The molecule has 156 valence electrons. The smallest absolute Gasteiger partial charge is 0.338 e. The summed E-state index contributed by atoms with van der Waals surface area (Å²) in [5, 5.41) is 5.00. The zero-order chi connectivity index (χ0) is 21.5. The molecule has 0 unspecified atom stereocenters. The minimum atomic E-state index is -4.14. The highest BCUT2D eigenvalue weighted by molar-refractivity contribution is 7.90. The standard InChI is InChI=1S/C19H17N3O7S/c1-2-28-18(24)15-12(20-19(25)21-16(15)13-7-5-9-29-13)10-22-17(23)11-6-3-4-8-14(11)30(22,26)27/h3-9,16H,2,10H2,1H3,(H2,20,21,25)/t16-/m1/s1. The summed E-state index contributed by atoms with van der Waals surface area (Å²) < 4.78 is 36.8. The summed E-state index contributed by atoms with van der Waals surface area (Å²) in [6.07, 6.45) is 1.37. The van der Waals surface area contributed by atoms with Crippen LogP contribution in [0.25, 0.3) is 0 Å². The molecule has 0 fully saturated rings.